The minimum absolute atomic E-state index is 0.0523. The molecular weight excluding hydrogens is 348 g/mol. The van der Waals surface area contributed by atoms with Crippen molar-refractivity contribution in [3.8, 4) is 0 Å². The van der Waals surface area contributed by atoms with Crippen LogP contribution in [0.2, 0.25) is 0 Å². The SMILES string of the molecule is Cc1ccc(C)c(C(C)NC(=O)CNC(=O)CC23CC4CC(CC(C4)C2)C3)c1. The molecule has 4 aliphatic rings. The number of rotatable bonds is 6. The summed E-state index contributed by atoms with van der Waals surface area (Å²) < 4.78 is 0. The second-order valence-electron chi connectivity index (χ2n) is 10.0. The van der Waals surface area contributed by atoms with Crippen LogP contribution in [0.1, 0.15) is 74.6 Å². The minimum atomic E-state index is -0.118. The van der Waals surface area contributed by atoms with Crippen molar-refractivity contribution in [2.24, 2.45) is 23.2 Å². The summed E-state index contributed by atoms with van der Waals surface area (Å²) in [7, 11) is 0. The van der Waals surface area contributed by atoms with E-state index in [-0.39, 0.29) is 29.8 Å². The molecule has 0 radical (unpaired) electrons. The fourth-order valence-corrected chi connectivity index (χ4v) is 6.69. The third-order valence-electron chi connectivity index (χ3n) is 7.43. The van der Waals surface area contributed by atoms with Gasteiger partial charge >= 0.3 is 0 Å². The van der Waals surface area contributed by atoms with Gasteiger partial charge in [0.05, 0.1) is 12.6 Å². The standard InChI is InChI=1S/C24H34N2O2/c1-15-4-5-16(2)21(6-15)17(3)26-23(28)14-25-22(27)13-24-10-18-7-19(11-24)9-20(8-18)12-24/h4-6,17-20H,7-14H2,1-3H3,(H,25,27)(H,26,28). The number of carbonyl (C=O) groups is 2. The molecule has 4 nitrogen and oxygen atoms in total. The first-order valence-electron chi connectivity index (χ1n) is 11.0. The van der Waals surface area contributed by atoms with Crippen molar-refractivity contribution in [2.75, 3.05) is 6.54 Å². The summed E-state index contributed by atoms with van der Waals surface area (Å²) in [5.74, 6) is 2.48. The second-order valence-corrected chi connectivity index (χ2v) is 10.0. The fourth-order valence-electron chi connectivity index (χ4n) is 6.69. The Hall–Kier alpha value is -1.84. The molecule has 2 N–H and O–H groups in total. The molecule has 5 rings (SSSR count). The van der Waals surface area contributed by atoms with Gasteiger partial charge in [-0.05, 0) is 93.6 Å². The maximum Gasteiger partial charge on any atom is 0.239 e. The molecule has 4 aliphatic carbocycles. The van der Waals surface area contributed by atoms with E-state index in [4.69, 9.17) is 0 Å². The smallest absolute Gasteiger partial charge is 0.239 e. The zero-order chi connectivity index (χ0) is 19.9. The highest BCUT2D eigenvalue weighted by Gasteiger charge is 2.51. The number of hydrogen-bond donors (Lipinski definition) is 2. The van der Waals surface area contributed by atoms with Crippen LogP contribution in [0.25, 0.3) is 0 Å². The summed E-state index contributed by atoms with van der Waals surface area (Å²) in [6, 6.07) is 6.22. The minimum Gasteiger partial charge on any atom is -0.348 e. The lowest BCUT2D eigenvalue weighted by Crippen LogP contribution is -2.48. The van der Waals surface area contributed by atoms with Gasteiger partial charge in [0.25, 0.3) is 0 Å². The number of benzene rings is 1. The Balaban J connectivity index is 1.27. The molecule has 4 saturated carbocycles. The van der Waals surface area contributed by atoms with Crippen molar-refractivity contribution in [3.63, 3.8) is 0 Å². The molecule has 1 atom stereocenters. The lowest BCUT2D eigenvalue weighted by molar-refractivity contribution is -0.132. The molecule has 0 spiro atoms. The Labute approximate surface area is 168 Å². The molecule has 2 amide bonds. The van der Waals surface area contributed by atoms with E-state index >= 15 is 0 Å². The number of amides is 2. The van der Waals surface area contributed by atoms with Gasteiger partial charge in [-0.2, -0.15) is 0 Å². The first kappa shape index (κ1) is 19.5. The number of hydrogen-bond acceptors (Lipinski definition) is 2. The number of aryl methyl sites for hydroxylation is 2. The Morgan fingerprint density at radius 1 is 1.04 bits per heavy atom. The lowest BCUT2D eigenvalue weighted by atomic mass is 9.49. The van der Waals surface area contributed by atoms with Gasteiger partial charge in [-0.1, -0.05) is 23.8 Å². The second kappa shape index (κ2) is 7.53. The van der Waals surface area contributed by atoms with Gasteiger partial charge in [0.1, 0.15) is 0 Å². The van der Waals surface area contributed by atoms with E-state index < -0.39 is 0 Å². The first-order chi connectivity index (χ1) is 13.3. The molecule has 4 heteroatoms. The van der Waals surface area contributed by atoms with Crippen LogP contribution in [-0.2, 0) is 9.59 Å². The molecule has 4 fully saturated rings. The topological polar surface area (TPSA) is 58.2 Å². The van der Waals surface area contributed by atoms with Crippen LogP contribution >= 0.6 is 0 Å². The Morgan fingerprint density at radius 3 is 2.25 bits per heavy atom. The van der Waals surface area contributed by atoms with Crippen molar-refractivity contribution in [3.05, 3.63) is 34.9 Å². The van der Waals surface area contributed by atoms with Gasteiger partial charge < -0.3 is 10.6 Å². The maximum atomic E-state index is 12.6. The van der Waals surface area contributed by atoms with Gasteiger partial charge in [0.2, 0.25) is 11.8 Å². The van der Waals surface area contributed by atoms with Gasteiger partial charge in [-0.3, -0.25) is 9.59 Å². The highest BCUT2D eigenvalue weighted by atomic mass is 16.2. The van der Waals surface area contributed by atoms with Gasteiger partial charge in [0, 0.05) is 6.42 Å². The van der Waals surface area contributed by atoms with Crippen LogP contribution in [0, 0.1) is 37.0 Å². The van der Waals surface area contributed by atoms with Gasteiger partial charge in [-0.15, -0.1) is 0 Å². The zero-order valence-electron chi connectivity index (χ0n) is 17.5. The number of carbonyl (C=O) groups excluding carboxylic acids is 2. The molecule has 0 saturated heterocycles. The molecule has 0 aliphatic heterocycles. The third kappa shape index (κ3) is 4.11. The van der Waals surface area contributed by atoms with E-state index in [0.29, 0.717) is 6.42 Å². The van der Waals surface area contributed by atoms with Crippen LogP contribution in [0.3, 0.4) is 0 Å². The van der Waals surface area contributed by atoms with Gasteiger partial charge in [-0.25, -0.2) is 0 Å². The van der Waals surface area contributed by atoms with Crippen molar-refractivity contribution in [1.82, 2.24) is 10.6 Å². The van der Waals surface area contributed by atoms with Gasteiger partial charge in [0.15, 0.2) is 0 Å². The molecule has 28 heavy (non-hydrogen) atoms. The largest absolute Gasteiger partial charge is 0.348 e. The van der Waals surface area contributed by atoms with Crippen molar-refractivity contribution < 1.29 is 9.59 Å². The molecule has 4 bridgehead atoms. The molecule has 152 valence electrons. The highest BCUT2D eigenvalue weighted by Crippen LogP contribution is 2.61. The molecule has 1 unspecified atom stereocenters. The summed E-state index contributed by atoms with van der Waals surface area (Å²) in [5, 5.41) is 5.91. The molecule has 1 aromatic rings. The molecule has 0 aromatic heterocycles. The van der Waals surface area contributed by atoms with E-state index in [0.717, 1.165) is 23.3 Å². The van der Waals surface area contributed by atoms with Crippen molar-refractivity contribution >= 4 is 11.8 Å². The van der Waals surface area contributed by atoms with E-state index in [1.165, 1.54) is 49.7 Å². The van der Waals surface area contributed by atoms with E-state index in [1.54, 1.807) is 0 Å². The summed E-state index contributed by atoms with van der Waals surface area (Å²) in [6.07, 6.45) is 8.45. The quantitative estimate of drug-likeness (QED) is 0.774. The average Bonchev–Trinajstić information content (AvgIpc) is 2.60. The Morgan fingerprint density at radius 2 is 1.64 bits per heavy atom. The molecule has 0 heterocycles. The normalized spacial score (nSPS) is 31.5. The van der Waals surface area contributed by atoms with Crippen LogP contribution in [0.15, 0.2) is 18.2 Å². The predicted molar refractivity (Wildman–Crippen MR) is 111 cm³/mol. The summed E-state index contributed by atoms with van der Waals surface area (Å²) >= 11 is 0. The van der Waals surface area contributed by atoms with E-state index in [9.17, 15) is 9.59 Å². The van der Waals surface area contributed by atoms with Crippen LogP contribution in [-0.4, -0.2) is 18.4 Å². The van der Waals surface area contributed by atoms with E-state index in [2.05, 4.69) is 42.7 Å². The molecular formula is C24H34N2O2. The first-order valence-corrected chi connectivity index (χ1v) is 11.0. The molecule has 1 aromatic carbocycles. The van der Waals surface area contributed by atoms with Crippen LogP contribution in [0.5, 0.6) is 0 Å². The summed E-state index contributed by atoms with van der Waals surface area (Å²) in [4.78, 5) is 25.0. The summed E-state index contributed by atoms with van der Waals surface area (Å²) in [6.45, 7) is 6.18. The van der Waals surface area contributed by atoms with Crippen LogP contribution in [0.4, 0.5) is 0 Å². The summed E-state index contributed by atoms with van der Waals surface area (Å²) in [5.41, 5.74) is 3.71. The Kier molecular flexibility index (Phi) is 5.24. The third-order valence-corrected chi connectivity index (χ3v) is 7.43. The Bertz CT molecular complexity index is 735. The fraction of sp³-hybridized carbons (Fsp3) is 0.667. The van der Waals surface area contributed by atoms with Crippen LogP contribution < -0.4 is 10.6 Å². The number of nitrogens with one attached hydrogen (secondary N) is 2. The monoisotopic (exact) mass is 382 g/mol. The van der Waals surface area contributed by atoms with Crippen molar-refractivity contribution in [2.45, 2.75) is 71.8 Å². The predicted octanol–water partition coefficient (Wildman–Crippen LogP) is 4.20. The zero-order valence-corrected chi connectivity index (χ0v) is 17.5. The van der Waals surface area contributed by atoms with Crippen molar-refractivity contribution in [1.29, 1.82) is 0 Å². The average molecular weight is 383 g/mol. The highest BCUT2D eigenvalue weighted by molar-refractivity contribution is 5.85. The maximum absolute atomic E-state index is 12.6. The lowest BCUT2D eigenvalue weighted by Gasteiger charge is -2.56. The van der Waals surface area contributed by atoms with E-state index in [1.807, 2.05) is 6.92 Å².